The molecule has 0 fully saturated rings. The Kier molecular flexibility index (Phi) is 5.70. The minimum absolute atomic E-state index is 0.0400. The van der Waals surface area contributed by atoms with Crippen molar-refractivity contribution in [2.24, 2.45) is 0 Å². The van der Waals surface area contributed by atoms with E-state index in [-0.39, 0.29) is 16.5 Å². The van der Waals surface area contributed by atoms with Crippen molar-refractivity contribution in [3.63, 3.8) is 0 Å². The number of halogens is 2. The Balaban J connectivity index is 1.76. The molecule has 0 radical (unpaired) electrons. The van der Waals surface area contributed by atoms with E-state index in [0.29, 0.717) is 21.3 Å². The summed E-state index contributed by atoms with van der Waals surface area (Å²) in [6.07, 6.45) is 0. The van der Waals surface area contributed by atoms with E-state index in [1.54, 1.807) is 48.5 Å². The number of benzene rings is 3. The van der Waals surface area contributed by atoms with E-state index in [2.05, 4.69) is 10.0 Å². The van der Waals surface area contributed by atoms with Gasteiger partial charge in [0.25, 0.3) is 15.9 Å². The number of amides is 1. The van der Waals surface area contributed by atoms with Gasteiger partial charge in [0.2, 0.25) is 0 Å². The SMILES string of the molecule is O=C(Nc1ccc(S(=O)(=O)Nc2ccccc2Cl)cc1)c1ccccc1Cl. The molecule has 3 aromatic rings. The molecule has 0 unspecified atom stereocenters. The van der Waals surface area contributed by atoms with Crippen molar-refractivity contribution in [3.8, 4) is 0 Å². The molecule has 138 valence electrons. The molecule has 8 heteroatoms. The zero-order chi connectivity index (χ0) is 19.4. The van der Waals surface area contributed by atoms with Crippen molar-refractivity contribution in [1.82, 2.24) is 0 Å². The normalized spacial score (nSPS) is 11.0. The summed E-state index contributed by atoms with van der Waals surface area (Å²) in [5, 5.41) is 3.30. The lowest BCUT2D eigenvalue weighted by atomic mass is 10.2. The minimum atomic E-state index is -3.81. The Morgan fingerprint density at radius 2 is 1.37 bits per heavy atom. The monoisotopic (exact) mass is 420 g/mol. The quantitative estimate of drug-likeness (QED) is 0.606. The summed E-state index contributed by atoms with van der Waals surface area (Å²) in [5.41, 5.74) is 1.06. The third-order valence-electron chi connectivity index (χ3n) is 3.66. The molecular weight excluding hydrogens is 407 g/mol. The summed E-state index contributed by atoms with van der Waals surface area (Å²) in [6.45, 7) is 0. The van der Waals surface area contributed by atoms with Crippen LogP contribution in [-0.4, -0.2) is 14.3 Å². The molecule has 5 nitrogen and oxygen atoms in total. The van der Waals surface area contributed by atoms with Crippen molar-refractivity contribution in [2.75, 3.05) is 10.0 Å². The van der Waals surface area contributed by atoms with Gasteiger partial charge in [-0.25, -0.2) is 8.42 Å². The molecule has 0 spiro atoms. The molecule has 1 amide bonds. The average Bonchev–Trinajstić information content (AvgIpc) is 2.64. The molecule has 0 aliphatic rings. The first kappa shape index (κ1) is 19.2. The van der Waals surface area contributed by atoms with E-state index in [1.165, 1.54) is 24.3 Å². The molecule has 0 saturated heterocycles. The number of carbonyl (C=O) groups is 1. The summed E-state index contributed by atoms with van der Waals surface area (Å²) < 4.78 is 27.4. The lowest BCUT2D eigenvalue weighted by molar-refractivity contribution is 0.102. The van der Waals surface area contributed by atoms with Crippen molar-refractivity contribution >= 4 is 50.5 Å². The van der Waals surface area contributed by atoms with E-state index in [9.17, 15) is 13.2 Å². The van der Waals surface area contributed by atoms with Gasteiger partial charge >= 0.3 is 0 Å². The number of rotatable bonds is 5. The van der Waals surface area contributed by atoms with Crippen LogP contribution in [0.2, 0.25) is 10.0 Å². The van der Waals surface area contributed by atoms with Gasteiger partial charge in [-0.3, -0.25) is 9.52 Å². The molecule has 0 bridgehead atoms. The zero-order valence-electron chi connectivity index (χ0n) is 13.8. The molecule has 0 saturated carbocycles. The first-order chi connectivity index (χ1) is 12.9. The fraction of sp³-hybridized carbons (Fsp3) is 0. The molecular formula is C19H14Cl2N2O3S. The summed E-state index contributed by atoms with van der Waals surface area (Å²) in [5.74, 6) is -0.384. The summed E-state index contributed by atoms with van der Waals surface area (Å²) in [6, 6.07) is 19.0. The molecule has 0 atom stereocenters. The predicted octanol–water partition coefficient (Wildman–Crippen LogP) is 5.05. The highest BCUT2D eigenvalue weighted by Gasteiger charge is 2.16. The van der Waals surface area contributed by atoms with Crippen LogP contribution in [0.25, 0.3) is 0 Å². The summed E-state index contributed by atoms with van der Waals surface area (Å²) in [7, 11) is -3.81. The number of nitrogens with one attached hydrogen (secondary N) is 2. The number of hydrogen-bond donors (Lipinski definition) is 2. The molecule has 27 heavy (non-hydrogen) atoms. The topological polar surface area (TPSA) is 75.3 Å². The van der Waals surface area contributed by atoms with Crippen molar-refractivity contribution in [1.29, 1.82) is 0 Å². The first-order valence-corrected chi connectivity index (χ1v) is 10.0. The van der Waals surface area contributed by atoms with E-state index in [4.69, 9.17) is 23.2 Å². The van der Waals surface area contributed by atoms with Crippen LogP contribution < -0.4 is 10.0 Å². The van der Waals surface area contributed by atoms with Gasteiger partial charge in [-0.1, -0.05) is 47.5 Å². The first-order valence-electron chi connectivity index (χ1n) is 7.80. The maximum atomic E-state index is 12.5. The Morgan fingerprint density at radius 1 is 0.778 bits per heavy atom. The van der Waals surface area contributed by atoms with Gasteiger partial charge in [-0.15, -0.1) is 0 Å². The Hall–Kier alpha value is -2.54. The highest BCUT2D eigenvalue weighted by Crippen LogP contribution is 2.25. The Labute approximate surface area is 167 Å². The van der Waals surface area contributed by atoms with E-state index in [0.717, 1.165) is 0 Å². The molecule has 3 rings (SSSR count). The average molecular weight is 421 g/mol. The molecule has 0 heterocycles. The standard InChI is InChI=1S/C19H14Cl2N2O3S/c20-16-6-2-1-5-15(16)19(24)22-13-9-11-14(12-10-13)27(25,26)23-18-8-4-3-7-17(18)21/h1-12,23H,(H,22,24). The number of para-hydroxylation sites is 1. The minimum Gasteiger partial charge on any atom is -0.322 e. The summed E-state index contributed by atoms with van der Waals surface area (Å²) in [4.78, 5) is 12.3. The van der Waals surface area contributed by atoms with Gasteiger partial charge in [-0.05, 0) is 48.5 Å². The highest BCUT2D eigenvalue weighted by atomic mass is 35.5. The number of sulfonamides is 1. The van der Waals surface area contributed by atoms with E-state index >= 15 is 0 Å². The van der Waals surface area contributed by atoms with Crippen LogP contribution in [0.15, 0.2) is 77.7 Å². The fourth-order valence-corrected chi connectivity index (χ4v) is 3.85. The van der Waals surface area contributed by atoms with Crippen molar-refractivity contribution in [3.05, 3.63) is 88.4 Å². The van der Waals surface area contributed by atoms with Crippen molar-refractivity contribution < 1.29 is 13.2 Å². The molecule has 0 aromatic heterocycles. The van der Waals surface area contributed by atoms with Crippen LogP contribution in [0.1, 0.15) is 10.4 Å². The second-order valence-electron chi connectivity index (χ2n) is 5.54. The Morgan fingerprint density at radius 3 is 2.00 bits per heavy atom. The van der Waals surface area contributed by atoms with Crippen LogP contribution in [0.3, 0.4) is 0 Å². The Bertz CT molecular complexity index is 1080. The van der Waals surface area contributed by atoms with Crippen LogP contribution >= 0.6 is 23.2 Å². The van der Waals surface area contributed by atoms with Crippen LogP contribution in [0.5, 0.6) is 0 Å². The predicted molar refractivity (Wildman–Crippen MR) is 108 cm³/mol. The van der Waals surface area contributed by atoms with Crippen LogP contribution in [0.4, 0.5) is 11.4 Å². The lowest BCUT2D eigenvalue weighted by Gasteiger charge is -2.11. The van der Waals surface area contributed by atoms with Gasteiger partial charge in [-0.2, -0.15) is 0 Å². The largest absolute Gasteiger partial charge is 0.322 e. The fourth-order valence-electron chi connectivity index (χ4n) is 2.31. The van der Waals surface area contributed by atoms with E-state index in [1.807, 2.05) is 0 Å². The van der Waals surface area contributed by atoms with Crippen molar-refractivity contribution in [2.45, 2.75) is 4.90 Å². The molecule has 3 aromatic carbocycles. The van der Waals surface area contributed by atoms with Gasteiger partial charge in [0.1, 0.15) is 0 Å². The molecule has 2 N–H and O–H groups in total. The van der Waals surface area contributed by atoms with Crippen LogP contribution in [-0.2, 0) is 10.0 Å². The second-order valence-corrected chi connectivity index (χ2v) is 8.04. The number of anilines is 2. The van der Waals surface area contributed by atoms with Gasteiger partial charge in [0.05, 0.1) is 26.2 Å². The maximum absolute atomic E-state index is 12.5. The smallest absolute Gasteiger partial charge is 0.261 e. The van der Waals surface area contributed by atoms with Gasteiger partial charge in [0.15, 0.2) is 0 Å². The third kappa shape index (κ3) is 4.60. The number of carbonyl (C=O) groups excluding carboxylic acids is 1. The van der Waals surface area contributed by atoms with Crippen LogP contribution in [0, 0.1) is 0 Å². The van der Waals surface area contributed by atoms with E-state index < -0.39 is 10.0 Å². The van der Waals surface area contributed by atoms with Gasteiger partial charge < -0.3 is 5.32 Å². The zero-order valence-corrected chi connectivity index (χ0v) is 16.1. The number of hydrogen-bond acceptors (Lipinski definition) is 3. The second kappa shape index (κ2) is 8.00. The van der Waals surface area contributed by atoms with Gasteiger partial charge in [0, 0.05) is 5.69 Å². The molecule has 0 aliphatic carbocycles. The third-order valence-corrected chi connectivity index (χ3v) is 5.70. The summed E-state index contributed by atoms with van der Waals surface area (Å²) >= 11 is 12.0. The maximum Gasteiger partial charge on any atom is 0.261 e. The lowest BCUT2D eigenvalue weighted by Crippen LogP contribution is -2.14. The molecule has 0 aliphatic heterocycles. The highest BCUT2D eigenvalue weighted by molar-refractivity contribution is 7.92.